The third-order valence-corrected chi connectivity index (χ3v) is 5.48. The molecule has 2 N–H and O–H groups in total. The van der Waals surface area contributed by atoms with E-state index < -0.39 is 31.7 Å². The van der Waals surface area contributed by atoms with Gasteiger partial charge in [-0.1, -0.05) is 12.8 Å². The van der Waals surface area contributed by atoms with E-state index in [1.807, 2.05) is 0 Å². The smallest absolute Gasteiger partial charge is 0.330 e. The van der Waals surface area contributed by atoms with E-state index in [2.05, 4.69) is 4.72 Å². The number of sulfonamides is 1. The van der Waals surface area contributed by atoms with Crippen LogP contribution in [0.15, 0.2) is 20.7 Å². The zero-order valence-corrected chi connectivity index (χ0v) is 12.8. The highest BCUT2D eigenvalue weighted by Gasteiger charge is 2.38. The number of hydrogen-bond donors (Lipinski definition) is 2. The molecule has 0 aromatic carbocycles. The fourth-order valence-corrected chi connectivity index (χ4v) is 4.26. The summed E-state index contributed by atoms with van der Waals surface area (Å²) in [6, 6.07) is 0. The predicted molar refractivity (Wildman–Crippen MR) is 75.5 cm³/mol. The molecule has 1 fully saturated rings. The Kier molecular flexibility index (Phi) is 4.09. The van der Waals surface area contributed by atoms with Gasteiger partial charge < -0.3 is 9.67 Å². The molecule has 0 saturated heterocycles. The normalized spacial score (nSPS) is 18.0. The van der Waals surface area contributed by atoms with E-state index >= 15 is 0 Å². The van der Waals surface area contributed by atoms with E-state index in [0.29, 0.717) is 12.8 Å². The molecular formula is C12H19N3O5S. The fraction of sp³-hybridized carbons (Fsp3) is 0.667. The first-order chi connectivity index (χ1) is 9.72. The fourth-order valence-electron chi connectivity index (χ4n) is 2.64. The molecule has 2 rings (SSSR count). The minimum absolute atomic E-state index is 0.321. The summed E-state index contributed by atoms with van der Waals surface area (Å²) in [6.45, 7) is -0.321. The van der Waals surface area contributed by atoms with Gasteiger partial charge in [-0.15, -0.1) is 0 Å². The quantitative estimate of drug-likeness (QED) is 0.715. The van der Waals surface area contributed by atoms with Gasteiger partial charge in [0.05, 0.1) is 12.1 Å². The Hall–Kier alpha value is -1.45. The monoisotopic (exact) mass is 317 g/mol. The summed E-state index contributed by atoms with van der Waals surface area (Å²) in [5.74, 6) is 0. The van der Waals surface area contributed by atoms with Crippen LogP contribution < -0.4 is 16.0 Å². The maximum absolute atomic E-state index is 12.4. The SMILES string of the molecule is Cn1cc(S(=O)(=O)NC2(CO)CCCC2)c(=O)n(C)c1=O. The molecule has 118 valence electrons. The zero-order valence-electron chi connectivity index (χ0n) is 12.0. The van der Waals surface area contributed by atoms with Gasteiger partial charge in [0.1, 0.15) is 0 Å². The molecule has 0 atom stereocenters. The topological polar surface area (TPSA) is 110 Å². The van der Waals surface area contributed by atoms with Crippen LogP contribution in [0, 0.1) is 0 Å². The second-order valence-electron chi connectivity index (χ2n) is 5.50. The minimum atomic E-state index is -4.11. The molecule has 1 aromatic rings. The Morgan fingerprint density at radius 3 is 2.38 bits per heavy atom. The lowest BCUT2D eigenvalue weighted by atomic mass is 10.0. The third-order valence-electron chi connectivity index (χ3n) is 3.92. The van der Waals surface area contributed by atoms with Crippen molar-refractivity contribution in [3.63, 3.8) is 0 Å². The lowest BCUT2D eigenvalue weighted by Crippen LogP contribution is -2.51. The van der Waals surface area contributed by atoms with E-state index in [1.165, 1.54) is 14.1 Å². The number of rotatable bonds is 4. The van der Waals surface area contributed by atoms with Crippen molar-refractivity contribution in [2.75, 3.05) is 6.61 Å². The molecule has 9 heteroatoms. The van der Waals surface area contributed by atoms with Crippen molar-refractivity contribution in [1.29, 1.82) is 0 Å². The molecule has 0 amide bonds. The predicted octanol–water partition coefficient (Wildman–Crippen LogP) is -1.33. The van der Waals surface area contributed by atoms with Crippen LogP contribution in [-0.2, 0) is 24.1 Å². The second kappa shape index (κ2) is 5.39. The molecule has 0 aliphatic heterocycles. The summed E-state index contributed by atoms with van der Waals surface area (Å²) in [7, 11) is -1.51. The molecule has 21 heavy (non-hydrogen) atoms. The molecular weight excluding hydrogens is 298 g/mol. The molecule has 1 saturated carbocycles. The van der Waals surface area contributed by atoms with Gasteiger partial charge in [0.2, 0.25) is 10.0 Å². The average Bonchev–Trinajstić information content (AvgIpc) is 2.88. The third kappa shape index (κ3) is 2.81. The Balaban J connectivity index is 2.51. The van der Waals surface area contributed by atoms with Gasteiger partial charge >= 0.3 is 5.69 Å². The number of hydrogen-bond acceptors (Lipinski definition) is 5. The van der Waals surface area contributed by atoms with Crippen LogP contribution in [0.1, 0.15) is 25.7 Å². The number of aryl methyl sites for hydroxylation is 1. The highest BCUT2D eigenvalue weighted by Crippen LogP contribution is 2.30. The molecule has 8 nitrogen and oxygen atoms in total. The first-order valence-electron chi connectivity index (χ1n) is 6.64. The number of nitrogens with zero attached hydrogens (tertiary/aromatic N) is 2. The Labute approximate surface area is 122 Å². The van der Waals surface area contributed by atoms with Crippen molar-refractivity contribution in [1.82, 2.24) is 13.9 Å². The van der Waals surface area contributed by atoms with Gasteiger partial charge in [-0.05, 0) is 12.8 Å². The molecule has 1 heterocycles. The van der Waals surface area contributed by atoms with Crippen molar-refractivity contribution in [3.05, 3.63) is 27.0 Å². The lowest BCUT2D eigenvalue weighted by molar-refractivity contribution is 0.185. The van der Waals surface area contributed by atoms with Crippen molar-refractivity contribution in [2.24, 2.45) is 14.1 Å². The van der Waals surface area contributed by atoms with Crippen LogP contribution in [0.25, 0.3) is 0 Å². The summed E-state index contributed by atoms with van der Waals surface area (Å²) in [5, 5.41) is 9.48. The first-order valence-corrected chi connectivity index (χ1v) is 8.12. The first kappa shape index (κ1) is 15.9. The van der Waals surface area contributed by atoms with Crippen molar-refractivity contribution in [2.45, 2.75) is 36.1 Å². The van der Waals surface area contributed by atoms with Gasteiger partial charge in [0, 0.05) is 20.3 Å². The molecule has 1 aliphatic carbocycles. The zero-order chi connectivity index (χ0) is 15.8. The maximum Gasteiger partial charge on any atom is 0.330 e. The van der Waals surface area contributed by atoms with E-state index in [9.17, 15) is 23.1 Å². The minimum Gasteiger partial charge on any atom is -0.394 e. The summed E-state index contributed by atoms with van der Waals surface area (Å²) in [4.78, 5) is 23.1. The van der Waals surface area contributed by atoms with Gasteiger partial charge in [-0.3, -0.25) is 9.36 Å². The van der Waals surface area contributed by atoms with E-state index in [1.54, 1.807) is 0 Å². The van der Waals surface area contributed by atoms with E-state index in [-0.39, 0.29) is 6.61 Å². The largest absolute Gasteiger partial charge is 0.394 e. The van der Waals surface area contributed by atoms with Gasteiger partial charge in [-0.2, -0.15) is 0 Å². The Morgan fingerprint density at radius 2 is 1.86 bits per heavy atom. The molecule has 0 spiro atoms. The summed E-state index contributed by atoms with van der Waals surface area (Å²) >= 11 is 0. The lowest BCUT2D eigenvalue weighted by Gasteiger charge is -2.27. The van der Waals surface area contributed by atoms with Crippen LogP contribution in [0.3, 0.4) is 0 Å². The highest BCUT2D eigenvalue weighted by molar-refractivity contribution is 7.89. The molecule has 0 radical (unpaired) electrons. The van der Waals surface area contributed by atoms with Crippen LogP contribution in [0.2, 0.25) is 0 Å². The van der Waals surface area contributed by atoms with Crippen molar-refractivity contribution < 1.29 is 13.5 Å². The van der Waals surface area contributed by atoms with E-state index in [4.69, 9.17) is 0 Å². The summed E-state index contributed by atoms with van der Waals surface area (Å²) in [5.41, 5.74) is -2.40. The van der Waals surface area contributed by atoms with Crippen molar-refractivity contribution >= 4 is 10.0 Å². The summed E-state index contributed by atoms with van der Waals surface area (Å²) in [6.07, 6.45) is 3.68. The Morgan fingerprint density at radius 1 is 1.29 bits per heavy atom. The molecule has 0 bridgehead atoms. The van der Waals surface area contributed by atoms with Gasteiger partial charge in [-0.25, -0.2) is 17.9 Å². The summed E-state index contributed by atoms with van der Waals surface area (Å²) < 4.78 is 29.1. The number of aliphatic hydroxyl groups is 1. The Bertz CT molecular complexity index is 756. The standard InChI is InChI=1S/C12H19N3O5S/c1-14-7-9(10(17)15(2)11(14)18)21(19,20)13-12(8-16)5-3-4-6-12/h7,13,16H,3-6,8H2,1-2H3. The molecule has 1 aromatic heterocycles. The molecule has 1 aliphatic rings. The average molecular weight is 317 g/mol. The van der Waals surface area contributed by atoms with Crippen LogP contribution in [0.4, 0.5) is 0 Å². The molecule has 0 unspecified atom stereocenters. The van der Waals surface area contributed by atoms with Gasteiger partial charge in [0.25, 0.3) is 5.56 Å². The van der Waals surface area contributed by atoms with Crippen LogP contribution in [-0.4, -0.2) is 34.8 Å². The number of aliphatic hydroxyl groups excluding tert-OH is 1. The van der Waals surface area contributed by atoms with E-state index in [0.717, 1.165) is 28.2 Å². The number of nitrogens with one attached hydrogen (secondary N) is 1. The highest BCUT2D eigenvalue weighted by atomic mass is 32.2. The maximum atomic E-state index is 12.4. The van der Waals surface area contributed by atoms with Crippen LogP contribution in [0.5, 0.6) is 0 Å². The van der Waals surface area contributed by atoms with Crippen molar-refractivity contribution in [3.8, 4) is 0 Å². The van der Waals surface area contributed by atoms with Crippen LogP contribution >= 0.6 is 0 Å². The number of aromatic nitrogens is 2. The second-order valence-corrected chi connectivity index (χ2v) is 7.15. The van der Waals surface area contributed by atoms with Gasteiger partial charge in [0.15, 0.2) is 4.90 Å².